The van der Waals surface area contributed by atoms with Gasteiger partial charge in [0, 0.05) is 78.7 Å². The molecule has 1 saturated heterocycles. The molecule has 0 saturated carbocycles. The van der Waals surface area contributed by atoms with Crippen molar-refractivity contribution in [3.8, 4) is 11.4 Å². The first-order chi connectivity index (χ1) is 22.4. The van der Waals surface area contributed by atoms with Crippen molar-refractivity contribution in [2.45, 2.75) is 46.1 Å². The van der Waals surface area contributed by atoms with Crippen molar-refractivity contribution >= 4 is 40.2 Å². The molecule has 2 heterocycles. The number of benzene rings is 3. The molecule has 1 N–H and O–H groups in total. The standard InChI is InChI=1S/C35H39Cl2F3N4O3/c1-24(2)23-46-34(45)41-14-4-5-26-21-44(27-9-11-28(12-10-27)47-35(38,39)40)33-19-25(8-13-29(26)33)20-42-15-17-43(18-16-42)22-30-31(36)6-3-7-32(30)37/h3,6-13,19,21,24H,4-5,14-18,20,22-23H2,1-2H3,(H,41,45). The van der Waals surface area contributed by atoms with Crippen LogP contribution in [0.4, 0.5) is 18.0 Å². The average molecular weight is 692 g/mol. The van der Waals surface area contributed by atoms with Gasteiger partial charge >= 0.3 is 12.5 Å². The van der Waals surface area contributed by atoms with Crippen LogP contribution in [-0.2, 0) is 24.2 Å². The molecular weight excluding hydrogens is 652 g/mol. The second-order valence-electron chi connectivity index (χ2n) is 12.2. The molecule has 1 aromatic heterocycles. The minimum Gasteiger partial charge on any atom is -0.449 e. The molecule has 0 unspecified atom stereocenters. The molecule has 252 valence electrons. The molecule has 1 amide bonds. The number of alkyl halides is 3. The van der Waals surface area contributed by atoms with Crippen molar-refractivity contribution < 1.29 is 27.4 Å². The lowest BCUT2D eigenvalue weighted by atomic mass is 10.1. The highest BCUT2D eigenvalue weighted by Gasteiger charge is 2.31. The van der Waals surface area contributed by atoms with Crippen LogP contribution in [0, 0.1) is 5.92 Å². The van der Waals surface area contributed by atoms with E-state index in [-0.39, 0.29) is 11.7 Å². The quantitative estimate of drug-likeness (QED) is 0.151. The van der Waals surface area contributed by atoms with E-state index in [0.717, 1.165) is 66.0 Å². The van der Waals surface area contributed by atoms with Gasteiger partial charge in [0.25, 0.3) is 0 Å². The zero-order chi connectivity index (χ0) is 33.6. The summed E-state index contributed by atoms with van der Waals surface area (Å²) in [6, 6.07) is 17.8. The number of carbonyl (C=O) groups excluding carboxylic acids is 1. The molecule has 0 bridgehead atoms. The summed E-state index contributed by atoms with van der Waals surface area (Å²) < 4.78 is 49.6. The van der Waals surface area contributed by atoms with Gasteiger partial charge < -0.3 is 19.4 Å². The molecule has 5 rings (SSSR count). The Bertz CT molecular complexity index is 1630. The Kier molecular flexibility index (Phi) is 11.6. The first kappa shape index (κ1) is 34.9. The maximum absolute atomic E-state index is 12.8. The lowest BCUT2D eigenvalue weighted by Gasteiger charge is -2.35. The average Bonchev–Trinajstić information content (AvgIpc) is 3.38. The number of rotatable bonds is 12. The minimum absolute atomic E-state index is 0.259. The summed E-state index contributed by atoms with van der Waals surface area (Å²) >= 11 is 12.8. The summed E-state index contributed by atoms with van der Waals surface area (Å²) in [4.78, 5) is 16.7. The van der Waals surface area contributed by atoms with Gasteiger partial charge in [-0.2, -0.15) is 0 Å². The van der Waals surface area contributed by atoms with Gasteiger partial charge in [-0.05, 0) is 72.4 Å². The molecule has 0 radical (unpaired) electrons. The molecule has 12 heteroatoms. The number of halogens is 5. The summed E-state index contributed by atoms with van der Waals surface area (Å²) in [7, 11) is 0. The number of amides is 1. The van der Waals surface area contributed by atoms with Crippen molar-refractivity contribution in [1.82, 2.24) is 19.7 Å². The van der Waals surface area contributed by atoms with Crippen LogP contribution in [0.3, 0.4) is 0 Å². The molecule has 0 spiro atoms. The first-order valence-corrected chi connectivity index (χ1v) is 16.5. The molecule has 1 fully saturated rings. The highest BCUT2D eigenvalue weighted by molar-refractivity contribution is 6.35. The molecule has 3 aromatic carbocycles. The fourth-order valence-electron chi connectivity index (χ4n) is 5.70. The van der Waals surface area contributed by atoms with Crippen molar-refractivity contribution in [3.05, 3.63) is 93.6 Å². The van der Waals surface area contributed by atoms with E-state index in [1.165, 1.54) is 12.1 Å². The summed E-state index contributed by atoms with van der Waals surface area (Å²) in [5.74, 6) is -0.0145. The zero-order valence-electron chi connectivity index (χ0n) is 26.5. The highest BCUT2D eigenvalue weighted by atomic mass is 35.5. The van der Waals surface area contributed by atoms with Gasteiger partial charge in [-0.3, -0.25) is 9.80 Å². The number of carbonyl (C=O) groups is 1. The molecule has 0 aliphatic carbocycles. The molecular formula is C35H39Cl2F3N4O3. The summed E-state index contributed by atoms with van der Waals surface area (Å²) in [6.45, 7) is 9.79. The number of hydrogen-bond acceptors (Lipinski definition) is 5. The van der Waals surface area contributed by atoms with E-state index < -0.39 is 12.5 Å². The fraction of sp³-hybridized carbons (Fsp3) is 0.400. The third-order valence-electron chi connectivity index (χ3n) is 8.06. The van der Waals surface area contributed by atoms with Crippen LogP contribution in [-0.4, -0.2) is 66.2 Å². The van der Waals surface area contributed by atoms with Gasteiger partial charge in [0.2, 0.25) is 0 Å². The normalized spacial score (nSPS) is 14.6. The second-order valence-corrected chi connectivity index (χ2v) is 13.0. The van der Waals surface area contributed by atoms with Crippen molar-refractivity contribution in [2.24, 2.45) is 5.92 Å². The van der Waals surface area contributed by atoms with E-state index in [4.69, 9.17) is 27.9 Å². The SMILES string of the molecule is CC(C)COC(=O)NCCCc1cn(-c2ccc(OC(F)(F)F)cc2)c2cc(CN3CCN(Cc4c(Cl)cccc4Cl)CC3)ccc12. The van der Waals surface area contributed by atoms with E-state index in [9.17, 15) is 18.0 Å². The smallest absolute Gasteiger partial charge is 0.449 e. The third-order valence-corrected chi connectivity index (χ3v) is 8.76. The van der Waals surface area contributed by atoms with E-state index in [0.29, 0.717) is 42.6 Å². The van der Waals surface area contributed by atoms with E-state index >= 15 is 0 Å². The second kappa shape index (κ2) is 15.6. The van der Waals surface area contributed by atoms with E-state index in [2.05, 4.69) is 38.1 Å². The maximum Gasteiger partial charge on any atom is 0.573 e. The number of alkyl carbamates (subject to hydrolysis) is 1. The molecule has 47 heavy (non-hydrogen) atoms. The van der Waals surface area contributed by atoms with Crippen molar-refractivity contribution in [3.63, 3.8) is 0 Å². The van der Waals surface area contributed by atoms with Gasteiger partial charge in [-0.15, -0.1) is 13.2 Å². The summed E-state index contributed by atoms with van der Waals surface area (Å²) in [6.07, 6.45) is -1.78. The Hall–Kier alpha value is -3.44. The largest absolute Gasteiger partial charge is 0.573 e. The number of aryl methyl sites for hydroxylation is 1. The Morgan fingerprint density at radius 3 is 2.23 bits per heavy atom. The van der Waals surface area contributed by atoms with Gasteiger partial charge in [-0.25, -0.2) is 4.79 Å². The minimum atomic E-state index is -4.76. The van der Waals surface area contributed by atoms with Gasteiger partial charge in [0.15, 0.2) is 0 Å². The number of fused-ring (bicyclic) bond motifs is 1. The fourth-order valence-corrected chi connectivity index (χ4v) is 6.21. The van der Waals surface area contributed by atoms with Crippen molar-refractivity contribution in [1.29, 1.82) is 0 Å². The Labute approximate surface area is 283 Å². The topological polar surface area (TPSA) is 59.0 Å². The monoisotopic (exact) mass is 690 g/mol. The molecule has 1 aliphatic rings. The molecule has 1 aliphatic heterocycles. The van der Waals surface area contributed by atoms with Crippen molar-refractivity contribution in [2.75, 3.05) is 39.3 Å². The Morgan fingerprint density at radius 1 is 0.936 bits per heavy atom. The number of aromatic nitrogens is 1. The van der Waals surface area contributed by atoms with Crippen LogP contribution < -0.4 is 10.1 Å². The number of hydrogen-bond donors (Lipinski definition) is 1. The lowest BCUT2D eigenvalue weighted by molar-refractivity contribution is -0.274. The van der Waals surface area contributed by atoms with Crippen LogP contribution in [0.2, 0.25) is 10.0 Å². The number of nitrogens with zero attached hydrogens (tertiary/aromatic N) is 3. The maximum atomic E-state index is 12.8. The molecule has 7 nitrogen and oxygen atoms in total. The zero-order valence-corrected chi connectivity index (χ0v) is 28.0. The summed E-state index contributed by atoms with van der Waals surface area (Å²) in [5.41, 5.74) is 4.84. The van der Waals surface area contributed by atoms with Crippen LogP contribution in [0.25, 0.3) is 16.6 Å². The number of piperazine rings is 1. The van der Waals surface area contributed by atoms with E-state index in [1.54, 1.807) is 12.1 Å². The number of ether oxygens (including phenoxy) is 2. The van der Waals surface area contributed by atoms with Gasteiger partial charge in [0.05, 0.1) is 12.1 Å². The summed E-state index contributed by atoms with van der Waals surface area (Å²) in [5, 5.41) is 5.21. The highest BCUT2D eigenvalue weighted by Crippen LogP contribution is 2.30. The van der Waals surface area contributed by atoms with Gasteiger partial charge in [0.1, 0.15) is 5.75 Å². The number of nitrogens with one attached hydrogen (secondary N) is 1. The van der Waals surface area contributed by atoms with Crippen LogP contribution in [0.5, 0.6) is 5.75 Å². The lowest BCUT2D eigenvalue weighted by Crippen LogP contribution is -2.45. The van der Waals surface area contributed by atoms with Crippen LogP contribution >= 0.6 is 23.2 Å². The predicted octanol–water partition coefficient (Wildman–Crippen LogP) is 8.47. The molecule has 4 aromatic rings. The van der Waals surface area contributed by atoms with Crippen LogP contribution in [0.1, 0.15) is 37.0 Å². The Morgan fingerprint density at radius 2 is 1.60 bits per heavy atom. The van der Waals surface area contributed by atoms with E-state index in [1.807, 2.05) is 42.8 Å². The predicted molar refractivity (Wildman–Crippen MR) is 179 cm³/mol. The van der Waals surface area contributed by atoms with Crippen LogP contribution in [0.15, 0.2) is 66.9 Å². The molecule has 0 atom stereocenters. The first-order valence-electron chi connectivity index (χ1n) is 15.7. The Balaban J connectivity index is 1.29. The third kappa shape index (κ3) is 9.79. The van der Waals surface area contributed by atoms with Gasteiger partial charge in [-0.1, -0.05) is 55.2 Å².